The van der Waals surface area contributed by atoms with Gasteiger partial charge in [0, 0.05) is 13.1 Å². The third-order valence-corrected chi connectivity index (χ3v) is 2.53. The van der Waals surface area contributed by atoms with Crippen LogP contribution in [0, 0.1) is 0 Å². The van der Waals surface area contributed by atoms with E-state index in [2.05, 4.69) is 9.97 Å². The van der Waals surface area contributed by atoms with Crippen molar-refractivity contribution >= 4 is 0 Å². The number of hydrogen-bond donors (Lipinski definition) is 5. The second kappa shape index (κ2) is 6.58. The second-order valence-electron chi connectivity index (χ2n) is 3.64. The lowest BCUT2D eigenvalue weighted by Gasteiger charge is -2.20. The van der Waals surface area contributed by atoms with Crippen LogP contribution in [-0.4, -0.2) is 44.6 Å². The Bertz CT molecular complexity index is 361. The maximum Gasteiger partial charge on any atom is 0.0877 e. The molecule has 0 spiro atoms. The van der Waals surface area contributed by atoms with E-state index in [-0.39, 0.29) is 19.7 Å². The Hall–Kier alpha value is -1.12. The Morgan fingerprint density at radius 2 is 1.88 bits per heavy atom. The molecular formula is C10H18N4O3. The van der Waals surface area contributed by atoms with E-state index in [0.717, 1.165) is 0 Å². The van der Waals surface area contributed by atoms with Gasteiger partial charge in [-0.1, -0.05) is 0 Å². The molecule has 1 rings (SSSR count). The largest absolute Gasteiger partial charge is 0.396 e. The van der Waals surface area contributed by atoms with E-state index in [1.54, 1.807) is 0 Å². The minimum Gasteiger partial charge on any atom is -0.396 e. The van der Waals surface area contributed by atoms with Gasteiger partial charge in [0.25, 0.3) is 0 Å². The van der Waals surface area contributed by atoms with Gasteiger partial charge in [-0.05, 0) is 0 Å². The first-order valence-corrected chi connectivity index (χ1v) is 5.32. The maximum atomic E-state index is 9.60. The van der Waals surface area contributed by atoms with E-state index < -0.39 is 18.6 Å². The van der Waals surface area contributed by atoms with Gasteiger partial charge in [-0.3, -0.25) is 9.97 Å². The zero-order chi connectivity index (χ0) is 12.8. The smallest absolute Gasteiger partial charge is 0.0877 e. The quantitative estimate of drug-likeness (QED) is 0.382. The third kappa shape index (κ3) is 3.18. The standard InChI is InChI=1S/C10H18N4O3/c11-1-6-3-13-8(2-12)10(14-6)7(4-15)9(17)5-16/h3,7,9,15-17H,1-2,4-5,11-12H2. The van der Waals surface area contributed by atoms with Crippen molar-refractivity contribution in [2.24, 2.45) is 11.5 Å². The highest BCUT2D eigenvalue weighted by Gasteiger charge is 2.24. The zero-order valence-electron chi connectivity index (χ0n) is 9.45. The second-order valence-corrected chi connectivity index (χ2v) is 3.64. The molecule has 0 radical (unpaired) electrons. The van der Waals surface area contributed by atoms with Crippen molar-refractivity contribution in [2.45, 2.75) is 25.1 Å². The van der Waals surface area contributed by atoms with Crippen LogP contribution in [0.15, 0.2) is 6.20 Å². The Balaban J connectivity index is 3.14. The summed E-state index contributed by atoms with van der Waals surface area (Å²) in [6.45, 7) is -0.471. The van der Waals surface area contributed by atoms with Crippen LogP contribution in [0.25, 0.3) is 0 Å². The average Bonchev–Trinajstić information content (AvgIpc) is 2.39. The van der Waals surface area contributed by atoms with Crippen LogP contribution >= 0.6 is 0 Å². The van der Waals surface area contributed by atoms with Crippen LogP contribution in [0.1, 0.15) is 23.0 Å². The van der Waals surface area contributed by atoms with Crippen LogP contribution in [-0.2, 0) is 13.1 Å². The molecule has 0 saturated carbocycles. The number of aliphatic hydroxyl groups is 3. The van der Waals surface area contributed by atoms with Crippen molar-refractivity contribution in [2.75, 3.05) is 13.2 Å². The highest BCUT2D eigenvalue weighted by Crippen LogP contribution is 2.20. The Kier molecular flexibility index (Phi) is 5.39. The number of rotatable bonds is 6. The summed E-state index contributed by atoms with van der Waals surface area (Å²) >= 11 is 0. The molecule has 0 aromatic carbocycles. The Labute approximate surface area is 99.1 Å². The van der Waals surface area contributed by atoms with E-state index in [4.69, 9.17) is 16.6 Å². The van der Waals surface area contributed by atoms with Gasteiger partial charge in [0.05, 0.1) is 48.5 Å². The SMILES string of the molecule is NCc1cnc(CN)c(C(CO)C(O)CO)n1. The van der Waals surface area contributed by atoms with Gasteiger partial charge in [0.1, 0.15) is 0 Å². The predicted molar refractivity (Wildman–Crippen MR) is 60.7 cm³/mol. The van der Waals surface area contributed by atoms with Gasteiger partial charge in [-0.2, -0.15) is 0 Å². The van der Waals surface area contributed by atoms with E-state index in [0.29, 0.717) is 17.1 Å². The van der Waals surface area contributed by atoms with Crippen molar-refractivity contribution in [3.63, 3.8) is 0 Å². The topological polar surface area (TPSA) is 139 Å². The molecule has 96 valence electrons. The van der Waals surface area contributed by atoms with Gasteiger partial charge >= 0.3 is 0 Å². The molecule has 2 unspecified atom stereocenters. The number of hydrogen-bond acceptors (Lipinski definition) is 7. The Morgan fingerprint density at radius 3 is 2.35 bits per heavy atom. The molecule has 0 bridgehead atoms. The predicted octanol–water partition coefficient (Wildman–Crippen LogP) is -2.18. The van der Waals surface area contributed by atoms with Crippen molar-refractivity contribution < 1.29 is 15.3 Å². The van der Waals surface area contributed by atoms with Gasteiger partial charge in [-0.25, -0.2) is 0 Å². The fraction of sp³-hybridized carbons (Fsp3) is 0.600. The highest BCUT2D eigenvalue weighted by atomic mass is 16.3. The third-order valence-electron chi connectivity index (χ3n) is 2.53. The summed E-state index contributed by atoms with van der Waals surface area (Å²) in [5, 5.41) is 27.8. The molecule has 0 aliphatic heterocycles. The normalized spacial score (nSPS) is 14.6. The molecular weight excluding hydrogens is 224 g/mol. The fourth-order valence-corrected chi connectivity index (χ4v) is 1.54. The van der Waals surface area contributed by atoms with Gasteiger partial charge < -0.3 is 26.8 Å². The summed E-state index contributed by atoms with van der Waals surface area (Å²) < 4.78 is 0. The summed E-state index contributed by atoms with van der Waals surface area (Å²) in [6, 6.07) is 0. The number of aromatic nitrogens is 2. The van der Waals surface area contributed by atoms with Gasteiger partial charge in [0.2, 0.25) is 0 Å². The van der Waals surface area contributed by atoms with Crippen LogP contribution < -0.4 is 11.5 Å². The summed E-state index contributed by atoms with van der Waals surface area (Å²) in [5.74, 6) is -0.711. The van der Waals surface area contributed by atoms with E-state index in [1.165, 1.54) is 6.20 Å². The van der Waals surface area contributed by atoms with E-state index in [1.807, 2.05) is 0 Å². The highest BCUT2D eigenvalue weighted by molar-refractivity contribution is 5.20. The summed E-state index contributed by atoms with van der Waals surface area (Å²) in [6.07, 6.45) is 0.401. The summed E-state index contributed by atoms with van der Waals surface area (Å²) in [7, 11) is 0. The molecule has 0 amide bonds. The lowest BCUT2D eigenvalue weighted by atomic mass is 9.97. The first-order valence-electron chi connectivity index (χ1n) is 5.32. The number of aliphatic hydroxyl groups excluding tert-OH is 3. The number of nitrogens with two attached hydrogens (primary N) is 2. The molecule has 17 heavy (non-hydrogen) atoms. The molecule has 2 atom stereocenters. The monoisotopic (exact) mass is 242 g/mol. The fourth-order valence-electron chi connectivity index (χ4n) is 1.54. The first kappa shape index (κ1) is 13.9. The van der Waals surface area contributed by atoms with Crippen molar-refractivity contribution in [1.29, 1.82) is 0 Å². The van der Waals surface area contributed by atoms with Crippen LogP contribution in [0.4, 0.5) is 0 Å². The van der Waals surface area contributed by atoms with Crippen LogP contribution in [0.5, 0.6) is 0 Å². The molecule has 7 N–H and O–H groups in total. The maximum absolute atomic E-state index is 9.60. The minimum absolute atomic E-state index is 0.141. The van der Waals surface area contributed by atoms with Gasteiger partial charge in [0.15, 0.2) is 0 Å². The minimum atomic E-state index is -1.10. The molecule has 0 aliphatic carbocycles. The molecule has 0 fully saturated rings. The molecule has 7 heteroatoms. The lowest BCUT2D eigenvalue weighted by Crippen LogP contribution is -2.28. The summed E-state index contributed by atoms with van der Waals surface area (Å²) in [5.41, 5.74) is 12.4. The molecule has 0 aliphatic rings. The molecule has 1 heterocycles. The zero-order valence-corrected chi connectivity index (χ0v) is 9.45. The van der Waals surface area contributed by atoms with Crippen molar-refractivity contribution in [1.82, 2.24) is 9.97 Å². The Morgan fingerprint density at radius 1 is 1.18 bits per heavy atom. The van der Waals surface area contributed by atoms with Crippen LogP contribution in [0.3, 0.4) is 0 Å². The first-order chi connectivity index (χ1) is 8.17. The molecule has 0 saturated heterocycles. The van der Waals surface area contributed by atoms with Crippen molar-refractivity contribution in [3.8, 4) is 0 Å². The average molecular weight is 242 g/mol. The summed E-state index contributed by atoms with van der Waals surface area (Å²) in [4.78, 5) is 8.29. The lowest BCUT2D eigenvalue weighted by molar-refractivity contribution is 0.0508. The van der Waals surface area contributed by atoms with Gasteiger partial charge in [-0.15, -0.1) is 0 Å². The number of nitrogens with zero attached hydrogens (tertiary/aromatic N) is 2. The molecule has 1 aromatic rings. The van der Waals surface area contributed by atoms with E-state index >= 15 is 0 Å². The van der Waals surface area contributed by atoms with Crippen molar-refractivity contribution in [3.05, 3.63) is 23.3 Å². The van der Waals surface area contributed by atoms with E-state index in [9.17, 15) is 10.2 Å². The van der Waals surface area contributed by atoms with Crippen LogP contribution in [0.2, 0.25) is 0 Å². The molecule has 7 nitrogen and oxygen atoms in total. The molecule has 1 aromatic heterocycles.